The number of rotatable bonds is 2. The Morgan fingerprint density at radius 2 is 1.84 bits per heavy atom. The summed E-state index contributed by atoms with van der Waals surface area (Å²) in [6.45, 7) is 8.41. The van der Waals surface area contributed by atoms with Crippen molar-refractivity contribution < 1.29 is 4.79 Å². The molecule has 3 rings (SSSR count). The zero-order valence-electron chi connectivity index (χ0n) is 14.4. The van der Waals surface area contributed by atoms with E-state index in [9.17, 15) is 4.79 Å². The molecule has 1 aromatic carbocycles. The fourth-order valence-electron chi connectivity index (χ4n) is 4.00. The van der Waals surface area contributed by atoms with Crippen molar-refractivity contribution in [2.45, 2.75) is 30.1 Å². The van der Waals surface area contributed by atoms with E-state index in [0.29, 0.717) is 11.1 Å². The van der Waals surface area contributed by atoms with Crippen LogP contribution in [0.25, 0.3) is 0 Å². The third-order valence-electron chi connectivity index (χ3n) is 5.09. The summed E-state index contributed by atoms with van der Waals surface area (Å²) in [4.78, 5) is 15.3. The van der Waals surface area contributed by atoms with Gasteiger partial charge in [-0.3, -0.25) is 4.79 Å². The second kappa shape index (κ2) is 6.19. The smallest absolute Gasteiger partial charge is 0.216 e. The first-order valence-corrected chi connectivity index (χ1v) is 9.22. The van der Waals surface area contributed by atoms with Gasteiger partial charge in [0, 0.05) is 29.3 Å². The number of Topliss-reactive ketones (excluding diaryl/α,β-unsaturated/α-hetero) is 1. The van der Waals surface area contributed by atoms with Crippen LogP contribution in [-0.2, 0) is 3.79 Å². The van der Waals surface area contributed by atoms with Gasteiger partial charge in [-0.15, -0.1) is 0 Å². The van der Waals surface area contributed by atoms with E-state index in [4.69, 9.17) is 34.8 Å². The highest BCUT2D eigenvalue weighted by Gasteiger charge is 2.49. The molecule has 1 aromatic rings. The molecule has 2 aliphatic rings. The average molecular weight is 397 g/mol. The van der Waals surface area contributed by atoms with E-state index in [-0.39, 0.29) is 17.2 Å². The van der Waals surface area contributed by atoms with Gasteiger partial charge in [0.15, 0.2) is 5.78 Å². The summed E-state index contributed by atoms with van der Waals surface area (Å²) in [5.74, 6) is 0.0546. The molecule has 2 nitrogen and oxygen atoms in total. The number of alkyl halides is 3. The van der Waals surface area contributed by atoms with E-state index in [1.54, 1.807) is 24.3 Å². The van der Waals surface area contributed by atoms with Crippen molar-refractivity contribution in [2.24, 2.45) is 5.41 Å². The lowest BCUT2D eigenvalue weighted by Crippen LogP contribution is -2.43. The van der Waals surface area contributed by atoms with Crippen LogP contribution in [0.1, 0.15) is 36.2 Å². The molecule has 1 aliphatic heterocycles. The molecule has 0 bridgehead atoms. The standard InChI is InChI=1S/C20H20Cl3NO/c1-12-6-5-7-15-16(12)19(2,3)18(24(15)4)17(25)13-8-10-14(11-9-13)20(21,22)23/h5,7-11,18H,1,6H2,2-4H3. The third kappa shape index (κ3) is 3.05. The molecule has 0 saturated heterocycles. The van der Waals surface area contributed by atoms with Crippen LogP contribution in [0.2, 0.25) is 0 Å². The molecule has 0 spiro atoms. The molecule has 1 atom stereocenters. The maximum atomic E-state index is 13.3. The van der Waals surface area contributed by atoms with Crippen molar-refractivity contribution in [3.63, 3.8) is 0 Å². The Morgan fingerprint density at radius 1 is 1.24 bits per heavy atom. The molecule has 25 heavy (non-hydrogen) atoms. The van der Waals surface area contributed by atoms with Crippen molar-refractivity contribution >= 4 is 40.6 Å². The number of hydrogen-bond donors (Lipinski definition) is 0. The number of benzene rings is 1. The number of nitrogens with zero attached hydrogens (tertiary/aromatic N) is 1. The van der Waals surface area contributed by atoms with Crippen molar-refractivity contribution in [1.29, 1.82) is 0 Å². The lowest BCUT2D eigenvalue weighted by molar-refractivity contribution is 0.0814. The predicted molar refractivity (Wildman–Crippen MR) is 105 cm³/mol. The number of allylic oxidation sites excluding steroid dienone is 3. The minimum atomic E-state index is -1.49. The minimum Gasteiger partial charge on any atom is -0.363 e. The molecule has 132 valence electrons. The molecule has 1 unspecified atom stereocenters. The average Bonchev–Trinajstić information content (AvgIpc) is 2.73. The van der Waals surface area contributed by atoms with Crippen molar-refractivity contribution in [2.75, 3.05) is 7.05 Å². The van der Waals surface area contributed by atoms with E-state index < -0.39 is 3.79 Å². The molecule has 0 radical (unpaired) electrons. The van der Waals surface area contributed by atoms with Crippen molar-refractivity contribution in [3.8, 4) is 0 Å². The lowest BCUT2D eigenvalue weighted by Gasteiger charge is -2.33. The summed E-state index contributed by atoms with van der Waals surface area (Å²) < 4.78 is -1.49. The number of ketones is 1. The highest BCUT2D eigenvalue weighted by molar-refractivity contribution is 6.66. The minimum absolute atomic E-state index is 0.0546. The SMILES string of the molecule is C=C1CC=CC2=C1C(C)(C)C(C(=O)c1ccc(C(Cl)(Cl)Cl)cc1)N2C. The van der Waals surface area contributed by atoms with E-state index in [0.717, 1.165) is 17.7 Å². The zero-order valence-corrected chi connectivity index (χ0v) is 16.7. The Morgan fingerprint density at radius 3 is 2.36 bits per heavy atom. The second-order valence-electron chi connectivity index (χ2n) is 7.14. The zero-order chi connectivity index (χ0) is 18.6. The molecule has 1 aliphatic carbocycles. The molecule has 0 aromatic heterocycles. The van der Waals surface area contributed by atoms with E-state index in [1.165, 1.54) is 5.57 Å². The van der Waals surface area contributed by atoms with Gasteiger partial charge in [0.1, 0.15) is 6.04 Å². The van der Waals surface area contributed by atoms with Gasteiger partial charge in [0.05, 0.1) is 0 Å². The second-order valence-corrected chi connectivity index (χ2v) is 9.43. The van der Waals surface area contributed by atoms with Crippen LogP contribution in [0, 0.1) is 5.41 Å². The molecular formula is C20H20Cl3NO. The molecule has 1 heterocycles. The van der Waals surface area contributed by atoms with Crippen LogP contribution in [0.4, 0.5) is 0 Å². The molecular weight excluding hydrogens is 377 g/mol. The van der Waals surface area contributed by atoms with Gasteiger partial charge in [-0.05, 0) is 23.6 Å². The van der Waals surface area contributed by atoms with Gasteiger partial charge < -0.3 is 4.90 Å². The molecule has 0 fully saturated rings. The lowest BCUT2D eigenvalue weighted by atomic mass is 9.73. The van der Waals surface area contributed by atoms with Crippen LogP contribution in [0.5, 0.6) is 0 Å². The van der Waals surface area contributed by atoms with Crippen LogP contribution in [-0.4, -0.2) is 23.8 Å². The molecule has 0 saturated carbocycles. The summed E-state index contributed by atoms with van der Waals surface area (Å²) in [6, 6.07) is 6.54. The first kappa shape index (κ1) is 18.6. The summed E-state index contributed by atoms with van der Waals surface area (Å²) in [5.41, 5.74) is 4.17. The Labute approximate surface area is 163 Å². The maximum absolute atomic E-state index is 13.3. The van der Waals surface area contributed by atoms with Crippen LogP contribution in [0.3, 0.4) is 0 Å². The normalized spacial score (nSPS) is 22.4. The summed E-state index contributed by atoms with van der Waals surface area (Å²) in [7, 11) is 1.96. The van der Waals surface area contributed by atoms with Gasteiger partial charge in [-0.1, -0.05) is 85.6 Å². The van der Waals surface area contributed by atoms with Crippen molar-refractivity contribution in [1.82, 2.24) is 4.90 Å². The summed E-state index contributed by atoms with van der Waals surface area (Å²) >= 11 is 17.7. The highest BCUT2D eigenvalue weighted by Crippen LogP contribution is 2.49. The molecule has 0 N–H and O–H groups in total. The number of carbonyl (C=O) groups is 1. The number of hydrogen-bond acceptors (Lipinski definition) is 2. The topological polar surface area (TPSA) is 20.3 Å². The number of likely N-dealkylation sites (N-methyl/N-ethyl adjacent to an activating group) is 1. The number of carbonyl (C=O) groups excluding carboxylic acids is 1. The van der Waals surface area contributed by atoms with E-state index in [1.807, 2.05) is 7.05 Å². The third-order valence-corrected chi connectivity index (χ3v) is 5.74. The van der Waals surface area contributed by atoms with Crippen LogP contribution < -0.4 is 0 Å². The molecule has 5 heteroatoms. The van der Waals surface area contributed by atoms with Crippen molar-refractivity contribution in [3.05, 3.63) is 71.0 Å². The Bertz CT molecular complexity index is 797. The first-order chi connectivity index (χ1) is 11.5. The summed E-state index contributed by atoms with van der Waals surface area (Å²) in [6.07, 6.45) is 5.01. The Kier molecular flexibility index (Phi) is 4.60. The van der Waals surface area contributed by atoms with Crippen LogP contribution >= 0.6 is 34.8 Å². The highest BCUT2D eigenvalue weighted by atomic mass is 35.6. The number of halogens is 3. The molecule has 0 amide bonds. The fourth-order valence-corrected chi connectivity index (χ4v) is 4.38. The van der Waals surface area contributed by atoms with Gasteiger partial charge in [-0.25, -0.2) is 0 Å². The summed E-state index contributed by atoms with van der Waals surface area (Å²) in [5, 5.41) is 0. The monoisotopic (exact) mass is 395 g/mol. The largest absolute Gasteiger partial charge is 0.363 e. The van der Waals surface area contributed by atoms with Crippen LogP contribution in [0.15, 0.2) is 59.8 Å². The van der Waals surface area contributed by atoms with Gasteiger partial charge in [0.2, 0.25) is 3.79 Å². The van der Waals surface area contributed by atoms with E-state index in [2.05, 4.69) is 37.5 Å². The predicted octanol–water partition coefficient (Wildman–Crippen LogP) is 5.81. The quantitative estimate of drug-likeness (QED) is 0.464. The maximum Gasteiger partial charge on any atom is 0.216 e. The Balaban J connectivity index is 1.96. The first-order valence-electron chi connectivity index (χ1n) is 8.09. The van der Waals surface area contributed by atoms with E-state index >= 15 is 0 Å². The fraction of sp³-hybridized carbons (Fsp3) is 0.350. The van der Waals surface area contributed by atoms with Gasteiger partial charge >= 0.3 is 0 Å². The van der Waals surface area contributed by atoms with Gasteiger partial charge in [0.25, 0.3) is 0 Å². The Hall–Kier alpha value is -1.22. The van der Waals surface area contributed by atoms with Gasteiger partial charge in [-0.2, -0.15) is 0 Å².